The van der Waals surface area contributed by atoms with Crippen molar-refractivity contribution in [1.82, 2.24) is 10.0 Å². The van der Waals surface area contributed by atoms with Crippen molar-refractivity contribution in [2.24, 2.45) is 0 Å². The summed E-state index contributed by atoms with van der Waals surface area (Å²) in [6, 6.07) is 3.19. The fourth-order valence-electron chi connectivity index (χ4n) is 1.44. The predicted molar refractivity (Wildman–Crippen MR) is 70.8 cm³/mol. The van der Waals surface area contributed by atoms with Crippen LogP contribution < -0.4 is 10.0 Å². The van der Waals surface area contributed by atoms with E-state index in [1.54, 1.807) is 6.07 Å². The van der Waals surface area contributed by atoms with Gasteiger partial charge in [0.15, 0.2) is 0 Å². The predicted octanol–water partition coefficient (Wildman–Crippen LogP) is 1.86. The number of sulfonamides is 1. The molecule has 1 rings (SSSR count). The summed E-state index contributed by atoms with van der Waals surface area (Å²) in [5.74, 6) is 0.638. The average Bonchev–Trinajstić information content (AvgIpc) is 2.79. The summed E-state index contributed by atoms with van der Waals surface area (Å²) in [5, 5.41) is 3.15. The summed E-state index contributed by atoms with van der Waals surface area (Å²) in [7, 11) is -3.49. The molecule has 6 heteroatoms. The van der Waals surface area contributed by atoms with Gasteiger partial charge in [-0.2, -0.15) is 0 Å². The van der Waals surface area contributed by atoms with Gasteiger partial charge in [0.2, 0.25) is 5.09 Å². The van der Waals surface area contributed by atoms with Crippen molar-refractivity contribution in [3.05, 3.63) is 17.9 Å². The Hall–Kier alpha value is -0.850. The Labute approximate surface area is 109 Å². The Kier molecular flexibility index (Phi) is 6.38. The van der Waals surface area contributed by atoms with E-state index in [4.69, 9.17) is 4.42 Å². The van der Waals surface area contributed by atoms with E-state index in [-0.39, 0.29) is 5.09 Å². The van der Waals surface area contributed by atoms with Crippen molar-refractivity contribution in [2.75, 3.05) is 13.1 Å². The first kappa shape index (κ1) is 15.2. The van der Waals surface area contributed by atoms with E-state index < -0.39 is 10.0 Å². The van der Waals surface area contributed by atoms with Crippen LogP contribution in [-0.2, 0) is 16.6 Å². The highest BCUT2D eigenvalue weighted by atomic mass is 32.2. The molecule has 0 aliphatic carbocycles. The highest BCUT2D eigenvalue weighted by Gasteiger charge is 2.17. The van der Waals surface area contributed by atoms with Crippen LogP contribution in [0.25, 0.3) is 0 Å². The number of nitrogens with one attached hydrogen (secondary N) is 2. The van der Waals surface area contributed by atoms with Crippen LogP contribution in [0.15, 0.2) is 21.6 Å². The first-order valence-electron chi connectivity index (χ1n) is 6.39. The largest absolute Gasteiger partial charge is 0.447 e. The third kappa shape index (κ3) is 4.80. The molecule has 1 aromatic rings. The summed E-state index contributed by atoms with van der Waals surface area (Å²) in [4.78, 5) is 0. The molecule has 0 saturated heterocycles. The van der Waals surface area contributed by atoms with Crippen molar-refractivity contribution >= 4 is 10.0 Å². The lowest BCUT2D eigenvalue weighted by Gasteiger charge is -2.03. The quantitative estimate of drug-likeness (QED) is 0.674. The standard InChI is InChI=1S/C12H22N2O3S/c1-3-5-9-14-18(15,16)12-7-6-11(17-12)10-13-8-4-2/h6-7,13-14H,3-5,8-10H2,1-2H3. The van der Waals surface area contributed by atoms with Gasteiger partial charge in [-0.25, -0.2) is 13.1 Å². The van der Waals surface area contributed by atoms with Crippen LogP contribution in [0, 0.1) is 0 Å². The second-order valence-corrected chi connectivity index (χ2v) is 5.85. The molecule has 18 heavy (non-hydrogen) atoms. The van der Waals surface area contributed by atoms with Gasteiger partial charge in [-0.15, -0.1) is 0 Å². The van der Waals surface area contributed by atoms with E-state index in [1.807, 2.05) is 6.92 Å². The molecule has 2 N–H and O–H groups in total. The van der Waals surface area contributed by atoms with Gasteiger partial charge in [0.05, 0.1) is 6.54 Å². The van der Waals surface area contributed by atoms with E-state index in [1.165, 1.54) is 6.07 Å². The molecule has 0 spiro atoms. The number of rotatable bonds is 9. The van der Waals surface area contributed by atoms with Crippen LogP contribution in [0.1, 0.15) is 38.9 Å². The first-order chi connectivity index (χ1) is 8.60. The average molecular weight is 274 g/mol. The molecule has 0 radical (unpaired) electrons. The van der Waals surface area contributed by atoms with Crippen molar-refractivity contribution in [3.63, 3.8) is 0 Å². The Morgan fingerprint density at radius 1 is 1.17 bits per heavy atom. The van der Waals surface area contributed by atoms with Gasteiger partial charge < -0.3 is 9.73 Å². The molecule has 5 nitrogen and oxygen atoms in total. The molecule has 1 heterocycles. The van der Waals surface area contributed by atoms with Gasteiger partial charge in [-0.1, -0.05) is 20.3 Å². The minimum atomic E-state index is -3.49. The zero-order valence-corrected chi connectivity index (χ0v) is 11.8. The summed E-state index contributed by atoms with van der Waals surface area (Å²) >= 11 is 0. The number of furan rings is 1. The van der Waals surface area contributed by atoms with Crippen LogP contribution >= 0.6 is 0 Å². The van der Waals surface area contributed by atoms with Crippen LogP contribution in [0.5, 0.6) is 0 Å². The van der Waals surface area contributed by atoms with Gasteiger partial charge in [0.1, 0.15) is 5.76 Å². The molecule has 0 saturated carbocycles. The van der Waals surface area contributed by atoms with E-state index in [9.17, 15) is 8.42 Å². The van der Waals surface area contributed by atoms with E-state index in [0.717, 1.165) is 25.8 Å². The monoisotopic (exact) mass is 274 g/mol. The fraction of sp³-hybridized carbons (Fsp3) is 0.667. The number of hydrogen-bond donors (Lipinski definition) is 2. The summed E-state index contributed by atoms with van der Waals surface area (Å²) in [5.41, 5.74) is 0. The van der Waals surface area contributed by atoms with Crippen molar-refractivity contribution in [2.45, 2.75) is 44.7 Å². The molecular formula is C12H22N2O3S. The van der Waals surface area contributed by atoms with Crippen molar-refractivity contribution in [3.8, 4) is 0 Å². The second kappa shape index (κ2) is 7.56. The van der Waals surface area contributed by atoms with Crippen molar-refractivity contribution in [1.29, 1.82) is 0 Å². The number of hydrogen-bond acceptors (Lipinski definition) is 4. The van der Waals surface area contributed by atoms with Crippen molar-refractivity contribution < 1.29 is 12.8 Å². The van der Waals surface area contributed by atoms with E-state index in [0.29, 0.717) is 18.8 Å². The SMILES string of the molecule is CCCCNS(=O)(=O)c1ccc(CNCCC)o1. The minimum Gasteiger partial charge on any atom is -0.447 e. The zero-order valence-electron chi connectivity index (χ0n) is 11.0. The molecular weight excluding hydrogens is 252 g/mol. The Balaban J connectivity index is 2.55. The zero-order chi connectivity index (χ0) is 13.4. The van der Waals surface area contributed by atoms with Crippen LogP contribution in [0.4, 0.5) is 0 Å². The fourth-order valence-corrected chi connectivity index (χ4v) is 2.46. The number of unbranched alkanes of at least 4 members (excludes halogenated alkanes) is 1. The summed E-state index contributed by atoms with van der Waals surface area (Å²) in [6.07, 6.45) is 2.81. The molecule has 104 valence electrons. The van der Waals surface area contributed by atoms with Gasteiger partial charge >= 0.3 is 0 Å². The third-order valence-corrected chi connectivity index (χ3v) is 3.78. The van der Waals surface area contributed by atoms with E-state index >= 15 is 0 Å². The van der Waals surface area contributed by atoms with Gasteiger partial charge in [0.25, 0.3) is 10.0 Å². The molecule has 0 bridgehead atoms. The molecule has 0 aliphatic rings. The maximum atomic E-state index is 11.8. The molecule has 0 atom stereocenters. The minimum absolute atomic E-state index is 0.00750. The lowest BCUT2D eigenvalue weighted by molar-refractivity contribution is 0.400. The molecule has 0 aromatic carbocycles. The summed E-state index contributed by atoms with van der Waals surface area (Å²) < 4.78 is 31.5. The normalized spacial score (nSPS) is 11.9. The lowest BCUT2D eigenvalue weighted by atomic mass is 10.3. The Morgan fingerprint density at radius 3 is 2.61 bits per heavy atom. The van der Waals surface area contributed by atoms with Gasteiger partial charge in [-0.3, -0.25) is 0 Å². The molecule has 0 unspecified atom stereocenters. The summed E-state index contributed by atoms with van der Waals surface area (Å²) in [6.45, 7) is 5.97. The van der Waals surface area contributed by atoms with Gasteiger partial charge in [0, 0.05) is 6.54 Å². The van der Waals surface area contributed by atoms with Gasteiger partial charge in [-0.05, 0) is 31.5 Å². The molecule has 1 aromatic heterocycles. The second-order valence-electron chi connectivity index (χ2n) is 4.15. The Morgan fingerprint density at radius 2 is 1.94 bits per heavy atom. The molecule has 0 amide bonds. The van der Waals surface area contributed by atoms with E-state index in [2.05, 4.69) is 17.0 Å². The highest BCUT2D eigenvalue weighted by molar-refractivity contribution is 7.89. The smallest absolute Gasteiger partial charge is 0.273 e. The lowest BCUT2D eigenvalue weighted by Crippen LogP contribution is -2.24. The van der Waals surface area contributed by atoms with Crippen LogP contribution in [0.2, 0.25) is 0 Å². The van der Waals surface area contributed by atoms with Crippen LogP contribution in [0.3, 0.4) is 0 Å². The Bertz CT molecular complexity index is 440. The topological polar surface area (TPSA) is 71.3 Å². The molecule has 0 fully saturated rings. The maximum Gasteiger partial charge on any atom is 0.273 e. The van der Waals surface area contributed by atoms with Crippen LogP contribution in [-0.4, -0.2) is 21.5 Å². The highest BCUT2D eigenvalue weighted by Crippen LogP contribution is 2.13. The first-order valence-corrected chi connectivity index (χ1v) is 7.87. The molecule has 0 aliphatic heterocycles. The maximum absolute atomic E-state index is 11.8. The third-order valence-electron chi connectivity index (χ3n) is 2.45.